The van der Waals surface area contributed by atoms with Gasteiger partial charge >= 0.3 is 12.0 Å². The topological polar surface area (TPSA) is 87.5 Å². The van der Waals surface area contributed by atoms with Gasteiger partial charge in [0.25, 0.3) is 0 Å². The van der Waals surface area contributed by atoms with Crippen LogP contribution in [0.15, 0.2) is 12.4 Å². The molecule has 1 unspecified atom stereocenters. The van der Waals surface area contributed by atoms with Gasteiger partial charge in [-0.2, -0.15) is 5.10 Å². The van der Waals surface area contributed by atoms with Gasteiger partial charge in [-0.3, -0.25) is 9.48 Å². The summed E-state index contributed by atoms with van der Waals surface area (Å²) in [5.74, 6) is -0.229. The molecule has 1 aromatic heterocycles. The Hall–Kier alpha value is -2.05. The summed E-state index contributed by atoms with van der Waals surface area (Å²) in [7, 11) is 1.56. The summed E-state index contributed by atoms with van der Waals surface area (Å²) in [4.78, 5) is 23.6. The van der Waals surface area contributed by atoms with Gasteiger partial charge in [-0.15, -0.1) is 0 Å². The zero-order valence-electron chi connectivity index (χ0n) is 11.7. The van der Waals surface area contributed by atoms with Crippen LogP contribution in [0.25, 0.3) is 0 Å². The third-order valence-corrected chi connectivity index (χ3v) is 3.58. The van der Waals surface area contributed by atoms with Crippen molar-refractivity contribution in [1.82, 2.24) is 14.7 Å². The minimum atomic E-state index is -0.921. The maximum Gasteiger partial charge on any atom is 0.321 e. The van der Waals surface area contributed by atoms with E-state index in [1.165, 1.54) is 17.7 Å². The highest BCUT2D eigenvalue weighted by Crippen LogP contribution is 2.39. The number of aromatic nitrogens is 2. The van der Waals surface area contributed by atoms with E-state index in [1.54, 1.807) is 13.2 Å². The molecule has 0 bridgehead atoms. The standard InChI is InChI=1S/C13H20N4O3/c1-9(10-3-4-10)17-8-11(7-14-17)15-13(20)16(2)6-5-12(18)19/h7-10H,3-6H2,1-2H3,(H,15,20)(H,18,19). The maximum atomic E-state index is 11.8. The predicted octanol–water partition coefficient (Wildman–Crippen LogP) is 1.79. The molecule has 2 amide bonds. The van der Waals surface area contributed by atoms with E-state index < -0.39 is 5.97 Å². The number of anilines is 1. The first-order valence-corrected chi connectivity index (χ1v) is 6.75. The number of rotatable bonds is 6. The van der Waals surface area contributed by atoms with Crippen molar-refractivity contribution >= 4 is 17.7 Å². The van der Waals surface area contributed by atoms with E-state index in [0.29, 0.717) is 17.6 Å². The summed E-state index contributed by atoms with van der Waals surface area (Å²) >= 11 is 0. The van der Waals surface area contributed by atoms with Gasteiger partial charge in [0.1, 0.15) is 0 Å². The molecule has 2 rings (SSSR count). The average molecular weight is 280 g/mol. The van der Waals surface area contributed by atoms with Crippen molar-refractivity contribution in [1.29, 1.82) is 0 Å². The number of carbonyl (C=O) groups excluding carboxylic acids is 1. The van der Waals surface area contributed by atoms with Crippen LogP contribution in [0.3, 0.4) is 0 Å². The summed E-state index contributed by atoms with van der Waals surface area (Å²) in [6.07, 6.45) is 5.83. The molecule has 0 spiro atoms. The van der Waals surface area contributed by atoms with Crippen LogP contribution >= 0.6 is 0 Å². The number of carbonyl (C=O) groups is 2. The van der Waals surface area contributed by atoms with Crippen LogP contribution in [0.5, 0.6) is 0 Å². The van der Waals surface area contributed by atoms with Crippen molar-refractivity contribution < 1.29 is 14.7 Å². The molecule has 1 saturated carbocycles. The van der Waals surface area contributed by atoms with Gasteiger partial charge in [-0.1, -0.05) is 0 Å². The van der Waals surface area contributed by atoms with Crippen LogP contribution in [0.1, 0.15) is 32.2 Å². The zero-order chi connectivity index (χ0) is 14.7. The van der Waals surface area contributed by atoms with Gasteiger partial charge in [0.2, 0.25) is 0 Å². The molecule has 0 aliphatic heterocycles. The molecule has 1 aliphatic rings. The van der Waals surface area contributed by atoms with Crippen LogP contribution < -0.4 is 5.32 Å². The van der Waals surface area contributed by atoms with Gasteiger partial charge in [-0.25, -0.2) is 4.79 Å². The van der Waals surface area contributed by atoms with Gasteiger partial charge < -0.3 is 15.3 Å². The lowest BCUT2D eigenvalue weighted by Gasteiger charge is -2.16. The van der Waals surface area contributed by atoms with E-state index in [9.17, 15) is 9.59 Å². The Kier molecular flexibility index (Phi) is 4.26. The highest BCUT2D eigenvalue weighted by Gasteiger charge is 2.29. The Morgan fingerprint density at radius 3 is 2.90 bits per heavy atom. The van der Waals surface area contributed by atoms with E-state index in [4.69, 9.17) is 5.11 Å². The number of amides is 2. The molecule has 0 saturated heterocycles. The Morgan fingerprint density at radius 2 is 2.30 bits per heavy atom. The molecule has 7 nitrogen and oxygen atoms in total. The second-order valence-corrected chi connectivity index (χ2v) is 5.28. The van der Waals surface area contributed by atoms with Crippen LogP contribution in [0, 0.1) is 5.92 Å². The summed E-state index contributed by atoms with van der Waals surface area (Å²) in [5.41, 5.74) is 0.629. The molecule has 0 radical (unpaired) electrons. The number of nitrogens with one attached hydrogen (secondary N) is 1. The quantitative estimate of drug-likeness (QED) is 0.831. The molecule has 2 N–H and O–H groups in total. The fourth-order valence-electron chi connectivity index (χ4n) is 2.00. The van der Waals surface area contributed by atoms with E-state index in [-0.39, 0.29) is 19.0 Å². The van der Waals surface area contributed by atoms with Gasteiger partial charge in [0, 0.05) is 19.8 Å². The number of carboxylic acid groups (broad SMARTS) is 1. The molecule has 110 valence electrons. The van der Waals surface area contributed by atoms with Gasteiger partial charge in [-0.05, 0) is 25.7 Å². The minimum Gasteiger partial charge on any atom is -0.481 e. The molecular formula is C13H20N4O3. The fourth-order valence-corrected chi connectivity index (χ4v) is 2.00. The number of nitrogens with zero attached hydrogens (tertiary/aromatic N) is 3. The van der Waals surface area contributed by atoms with Crippen molar-refractivity contribution in [2.45, 2.75) is 32.2 Å². The lowest BCUT2D eigenvalue weighted by molar-refractivity contribution is -0.137. The monoisotopic (exact) mass is 280 g/mol. The fraction of sp³-hybridized carbons (Fsp3) is 0.615. The first-order chi connectivity index (χ1) is 9.47. The number of hydrogen-bond donors (Lipinski definition) is 2. The molecule has 1 atom stereocenters. The molecule has 1 aromatic rings. The number of aliphatic carboxylic acids is 1. The van der Waals surface area contributed by atoms with Crippen molar-refractivity contribution in [2.24, 2.45) is 5.92 Å². The highest BCUT2D eigenvalue weighted by molar-refractivity contribution is 5.89. The van der Waals surface area contributed by atoms with E-state index in [0.717, 1.165) is 0 Å². The van der Waals surface area contributed by atoms with E-state index in [1.807, 2.05) is 10.9 Å². The van der Waals surface area contributed by atoms with Gasteiger partial charge in [0.05, 0.1) is 24.3 Å². The minimum absolute atomic E-state index is 0.0676. The molecule has 0 aromatic carbocycles. The summed E-state index contributed by atoms with van der Waals surface area (Å²) < 4.78 is 1.87. The summed E-state index contributed by atoms with van der Waals surface area (Å²) in [6, 6.07) is 0.0234. The number of carboxylic acids is 1. The molecule has 1 aliphatic carbocycles. The second-order valence-electron chi connectivity index (χ2n) is 5.28. The highest BCUT2D eigenvalue weighted by atomic mass is 16.4. The zero-order valence-corrected chi connectivity index (χ0v) is 11.7. The average Bonchev–Trinajstić information content (AvgIpc) is 3.15. The van der Waals surface area contributed by atoms with Crippen molar-refractivity contribution in [3.05, 3.63) is 12.4 Å². The summed E-state index contributed by atoms with van der Waals surface area (Å²) in [6.45, 7) is 2.29. The van der Waals surface area contributed by atoms with Crippen LogP contribution in [-0.4, -0.2) is 45.4 Å². The maximum absolute atomic E-state index is 11.8. The Bertz CT molecular complexity index is 496. The normalized spacial score (nSPS) is 15.7. The lowest BCUT2D eigenvalue weighted by atomic mass is 10.2. The Labute approximate surface area is 117 Å². The van der Waals surface area contributed by atoms with Crippen molar-refractivity contribution in [3.8, 4) is 0 Å². The number of hydrogen-bond acceptors (Lipinski definition) is 3. The van der Waals surface area contributed by atoms with Crippen molar-refractivity contribution in [3.63, 3.8) is 0 Å². The third-order valence-electron chi connectivity index (χ3n) is 3.58. The van der Waals surface area contributed by atoms with Crippen molar-refractivity contribution in [2.75, 3.05) is 18.9 Å². The lowest BCUT2D eigenvalue weighted by Crippen LogP contribution is -2.32. The number of urea groups is 1. The summed E-state index contributed by atoms with van der Waals surface area (Å²) in [5, 5.41) is 15.5. The van der Waals surface area contributed by atoms with Crippen LogP contribution in [0.4, 0.5) is 10.5 Å². The molecular weight excluding hydrogens is 260 g/mol. The molecule has 1 heterocycles. The van der Waals surface area contributed by atoms with Crippen LogP contribution in [0.2, 0.25) is 0 Å². The first kappa shape index (κ1) is 14.4. The Morgan fingerprint density at radius 1 is 1.60 bits per heavy atom. The Balaban J connectivity index is 1.86. The molecule has 1 fully saturated rings. The third kappa shape index (κ3) is 3.72. The van der Waals surface area contributed by atoms with E-state index in [2.05, 4.69) is 17.3 Å². The van der Waals surface area contributed by atoms with E-state index >= 15 is 0 Å². The predicted molar refractivity (Wildman–Crippen MR) is 73.6 cm³/mol. The van der Waals surface area contributed by atoms with Crippen LogP contribution in [-0.2, 0) is 4.79 Å². The second kappa shape index (κ2) is 5.94. The van der Waals surface area contributed by atoms with Gasteiger partial charge in [0.15, 0.2) is 0 Å². The largest absolute Gasteiger partial charge is 0.481 e. The SMILES string of the molecule is CC(C1CC1)n1cc(NC(=O)N(C)CCC(=O)O)cn1. The first-order valence-electron chi connectivity index (χ1n) is 6.75. The molecule has 20 heavy (non-hydrogen) atoms. The molecule has 7 heteroatoms. The smallest absolute Gasteiger partial charge is 0.321 e.